The van der Waals surface area contributed by atoms with Gasteiger partial charge in [0.1, 0.15) is 5.58 Å². The number of rotatable bonds is 4. The summed E-state index contributed by atoms with van der Waals surface area (Å²) in [5.74, 6) is 0.750. The highest BCUT2D eigenvalue weighted by molar-refractivity contribution is 5.96. The summed E-state index contributed by atoms with van der Waals surface area (Å²) < 4.78 is 7.39. The first-order valence-electron chi connectivity index (χ1n) is 10.5. The van der Waals surface area contributed by atoms with Crippen molar-refractivity contribution >= 4 is 22.8 Å². The quantitative estimate of drug-likeness (QED) is 0.722. The number of para-hydroxylation sites is 1. The lowest BCUT2D eigenvalue weighted by Gasteiger charge is -2.33. The number of nitrogens with zero attached hydrogens (tertiary/aromatic N) is 3. The molecule has 1 unspecified atom stereocenters. The molecule has 0 bridgehead atoms. The van der Waals surface area contributed by atoms with Crippen molar-refractivity contribution in [3.8, 4) is 0 Å². The number of aromatic nitrogens is 2. The maximum atomic E-state index is 12.8. The van der Waals surface area contributed by atoms with Gasteiger partial charge in [0, 0.05) is 37.8 Å². The lowest BCUT2D eigenvalue weighted by atomic mass is 9.90. The number of aryl methyl sites for hydroxylation is 1. The standard InChI is InChI=1S/C23H26N4O3/c1-15-18(14-25-26(15)2)22(29)27-9-7-23(8-10-27)12-17(23)13-24-21(28)20-11-16-5-3-4-6-19(16)30-20/h3-6,11,14,17H,7-10,12-13H2,1-2H3,(H,24,28). The smallest absolute Gasteiger partial charge is 0.287 e. The summed E-state index contributed by atoms with van der Waals surface area (Å²) in [6.07, 6.45) is 4.75. The van der Waals surface area contributed by atoms with E-state index in [1.807, 2.05) is 43.1 Å². The van der Waals surface area contributed by atoms with E-state index in [-0.39, 0.29) is 17.2 Å². The van der Waals surface area contributed by atoms with E-state index < -0.39 is 0 Å². The van der Waals surface area contributed by atoms with E-state index in [1.54, 1.807) is 16.9 Å². The van der Waals surface area contributed by atoms with Crippen molar-refractivity contribution in [2.75, 3.05) is 19.6 Å². The minimum Gasteiger partial charge on any atom is -0.451 e. The van der Waals surface area contributed by atoms with Gasteiger partial charge in [-0.05, 0) is 49.7 Å². The Hall–Kier alpha value is -3.09. The number of carbonyl (C=O) groups is 2. The van der Waals surface area contributed by atoms with E-state index in [9.17, 15) is 9.59 Å². The van der Waals surface area contributed by atoms with Crippen LogP contribution in [0, 0.1) is 18.3 Å². The number of piperidine rings is 1. The summed E-state index contributed by atoms with van der Waals surface area (Å²) in [6.45, 7) is 4.11. The van der Waals surface area contributed by atoms with E-state index in [0.29, 0.717) is 23.8 Å². The minimum absolute atomic E-state index is 0.0749. The Bertz CT molecular complexity index is 1090. The third kappa shape index (κ3) is 3.18. The van der Waals surface area contributed by atoms with Crippen molar-refractivity contribution in [3.05, 3.63) is 53.5 Å². The molecular weight excluding hydrogens is 380 g/mol. The molecule has 2 fully saturated rings. The summed E-state index contributed by atoms with van der Waals surface area (Å²) in [4.78, 5) is 27.2. The summed E-state index contributed by atoms with van der Waals surface area (Å²) >= 11 is 0. The summed E-state index contributed by atoms with van der Waals surface area (Å²) in [7, 11) is 1.85. The van der Waals surface area contributed by atoms with Crippen molar-refractivity contribution < 1.29 is 14.0 Å². The van der Waals surface area contributed by atoms with Crippen LogP contribution >= 0.6 is 0 Å². The van der Waals surface area contributed by atoms with Gasteiger partial charge < -0.3 is 14.6 Å². The van der Waals surface area contributed by atoms with Crippen LogP contribution in [0.4, 0.5) is 0 Å². The average Bonchev–Trinajstić information content (AvgIpc) is 3.08. The van der Waals surface area contributed by atoms with Crippen molar-refractivity contribution in [2.45, 2.75) is 26.2 Å². The maximum absolute atomic E-state index is 12.8. The molecule has 2 amide bonds. The molecule has 2 aliphatic rings. The summed E-state index contributed by atoms with van der Waals surface area (Å²) in [5.41, 5.74) is 2.59. The van der Waals surface area contributed by atoms with E-state index >= 15 is 0 Å². The van der Waals surface area contributed by atoms with Crippen molar-refractivity contribution in [3.63, 3.8) is 0 Å². The number of likely N-dealkylation sites (tertiary alicyclic amines) is 1. The number of nitrogens with one attached hydrogen (secondary N) is 1. The molecule has 0 radical (unpaired) electrons. The number of amides is 2. The molecule has 1 N–H and O–H groups in total. The number of furan rings is 1. The Labute approximate surface area is 175 Å². The predicted octanol–water partition coefficient (Wildman–Crippen LogP) is 3.15. The fourth-order valence-electron chi connectivity index (χ4n) is 4.76. The predicted molar refractivity (Wildman–Crippen MR) is 112 cm³/mol. The molecule has 1 saturated heterocycles. The van der Waals surface area contributed by atoms with E-state index in [4.69, 9.17) is 4.42 Å². The molecule has 3 heterocycles. The molecule has 1 spiro atoms. The van der Waals surface area contributed by atoms with E-state index in [2.05, 4.69) is 10.4 Å². The van der Waals surface area contributed by atoms with Crippen LogP contribution in [0.5, 0.6) is 0 Å². The Morgan fingerprint density at radius 3 is 2.73 bits per heavy atom. The molecule has 1 aliphatic heterocycles. The summed E-state index contributed by atoms with van der Waals surface area (Å²) in [5, 5.41) is 8.16. The summed E-state index contributed by atoms with van der Waals surface area (Å²) in [6, 6.07) is 9.42. The van der Waals surface area contributed by atoms with Crippen LogP contribution in [-0.2, 0) is 7.05 Å². The highest BCUT2D eigenvalue weighted by Crippen LogP contribution is 2.59. The molecule has 30 heavy (non-hydrogen) atoms. The van der Waals surface area contributed by atoms with Crippen LogP contribution in [0.15, 0.2) is 40.9 Å². The van der Waals surface area contributed by atoms with Crippen LogP contribution in [0.1, 0.15) is 45.9 Å². The Balaban J connectivity index is 1.14. The molecule has 1 atom stereocenters. The zero-order chi connectivity index (χ0) is 20.9. The second-order valence-electron chi connectivity index (χ2n) is 8.68. The Morgan fingerprint density at radius 2 is 2.03 bits per heavy atom. The van der Waals surface area contributed by atoms with Crippen LogP contribution < -0.4 is 5.32 Å². The number of carbonyl (C=O) groups excluding carboxylic acids is 2. The van der Waals surface area contributed by atoms with E-state index in [1.165, 1.54) is 0 Å². The Kier molecular flexibility index (Phi) is 4.41. The molecule has 1 saturated carbocycles. The van der Waals surface area contributed by atoms with Gasteiger partial charge in [-0.3, -0.25) is 14.3 Å². The molecule has 7 heteroatoms. The van der Waals surface area contributed by atoms with E-state index in [0.717, 1.165) is 49.0 Å². The normalized spacial score (nSPS) is 19.9. The van der Waals surface area contributed by atoms with Crippen LogP contribution in [0.25, 0.3) is 11.0 Å². The third-order valence-electron chi connectivity index (χ3n) is 7.03. The molecule has 156 valence electrons. The Morgan fingerprint density at radius 1 is 1.27 bits per heavy atom. The SMILES string of the molecule is Cc1c(C(=O)N2CCC3(CC2)CC3CNC(=O)c2cc3ccccc3o2)cnn1C. The third-order valence-corrected chi connectivity index (χ3v) is 7.03. The highest BCUT2D eigenvalue weighted by atomic mass is 16.3. The van der Waals surface area contributed by atoms with Crippen molar-refractivity contribution in [2.24, 2.45) is 18.4 Å². The first-order chi connectivity index (χ1) is 14.5. The molecule has 1 aliphatic carbocycles. The largest absolute Gasteiger partial charge is 0.451 e. The lowest BCUT2D eigenvalue weighted by Crippen LogP contribution is -2.40. The topological polar surface area (TPSA) is 80.4 Å². The molecule has 2 aromatic heterocycles. The van der Waals surface area contributed by atoms with Gasteiger partial charge in [0.05, 0.1) is 11.8 Å². The van der Waals surface area contributed by atoms with Crippen molar-refractivity contribution in [1.82, 2.24) is 20.0 Å². The maximum Gasteiger partial charge on any atom is 0.287 e. The number of hydrogen-bond donors (Lipinski definition) is 1. The second kappa shape index (κ2) is 7.00. The number of benzene rings is 1. The first-order valence-corrected chi connectivity index (χ1v) is 10.5. The second-order valence-corrected chi connectivity index (χ2v) is 8.68. The molecule has 3 aromatic rings. The zero-order valence-electron chi connectivity index (χ0n) is 17.4. The highest BCUT2D eigenvalue weighted by Gasteiger charge is 2.54. The van der Waals surface area contributed by atoms with Gasteiger partial charge in [0.2, 0.25) is 0 Å². The minimum atomic E-state index is -0.159. The fraction of sp³-hybridized carbons (Fsp3) is 0.435. The lowest BCUT2D eigenvalue weighted by molar-refractivity contribution is 0.0668. The number of fused-ring (bicyclic) bond motifs is 1. The average molecular weight is 406 g/mol. The van der Waals surface area contributed by atoms with Crippen LogP contribution in [0.3, 0.4) is 0 Å². The van der Waals surface area contributed by atoms with Gasteiger partial charge in [-0.25, -0.2) is 0 Å². The van der Waals surface area contributed by atoms with Gasteiger partial charge in [-0.1, -0.05) is 18.2 Å². The zero-order valence-corrected chi connectivity index (χ0v) is 17.4. The molecule has 7 nitrogen and oxygen atoms in total. The fourth-order valence-corrected chi connectivity index (χ4v) is 4.76. The van der Waals surface area contributed by atoms with Crippen molar-refractivity contribution in [1.29, 1.82) is 0 Å². The van der Waals surface area contributed by atoms with Crippen LogP contribution in [0.2, 0.25) is 0 Å². The number of hydrogen-bond acceptors (Lipinski definition) is 4. The molecular formula is C23H26N4O3. The van der Waals surface area contributed by atoms with Gasteiger partial charge in [0.25, 0.3) is 11.8 Å². The monoisotopic (exact) mass is 406 g/mol. The van der Waals surface area contributed by atoms with Gasteiger partial charge in [-0.15, -0.1) is 0 Å². The first kappa shape index (κ1) is 18.9. The van der Waals surface area contributed by atoms with Gasteiger partial charge in [0.15, 0.2) is 5.76 Å². The van der Waals surface area contributed by atoms with Crippen LogP contribution in [-0.4, -0.2) is 46.1 Å². The molecule has 1 aromatic carbocycles. The van der Waals surface area contributed by atoms with Gasteiger partial charge >= 0.3 is 0 Å². The van der Waals surface area contributed by atoms with Gasteiger partial charge in [-0.2, -0.15) is 5.10 Å². The molecule has 5 rings (SSSR count).